The highest BCUT2D eigenvalue weighted by Gasteiger charge is 2.14. The molecule has 2 unspecified atom stereocenters. The van der Waals surface area contributed by atoms with Crippen LogP contribution in [0.5, 0.6) is 0 Å². The first-order valence-corrected chi connectivity index (χ1v) is 4.77. The van der Waals surface area contributed by atoms with Gasteiger partial charge in [-0.1, -0.05) is 19.8 Å². The maximum Gasteiger partial charge on any atom is 0.186 e. The van der Waals surface area contributed by atoms with Gasteiger partial charge in [0.05, 0.1) is 6.04 Å². The lowest BCUT2D eigenvalue weighted by molar-refractivity contribution is 0.499. The van der Waals surface area contributed by atoms with Crippen molar-refractivity contribution in [3.05, 3.63) is 0 Å². The Morgan fingerprint density at radius 3 is 2.58 bits per heavy atom. The summed E-state index contributed by atoms with van der Waals surface area (Å²) >= 11 is 0. The van der Waals surface area contributed by atoms with E-state index in [0.717, 1.165) is 18.8 Å². The van der Waals surface area contributed by atoms with Crippen LogP contribution in [0.25, 0.3) is 0 Å². The molecular weight excluding hydrogens is 150 g/mol. The number of aliphatic imine (C=N–C) groups is 1. The van der Waals surface area contributed by atoms with Crippen LogP contribution in [0.2, 0.25) is 0 Å². The predicted octanol–water partition coefficient (Wildman–Crippen LogP) is 1.23. The third-order valence-electron chi connectivity index (χ3n) is 2.56. The van der Waals surface area contributed by atoms with E-state index in [1.807, 2.05) is 0 Å². The third-order valence-corrected chi connectivity index (χ3v) is 2.56. The average Bonchev–Trinajstić information content (AvgIpc) is 2.15. The van der Waals surface area contributed by atoms with Gasteiger partial charge < -0.3 is 11.5 Å². The number of nitrogens with zero attached hydrogens (tertiary/aromatic N) is 1. The number of hydrogen-bond acceptors (Lipinski definition) is 1. The first-order chi connectivity index (χ1) is 5.68. The fraction of sp³-hybridized carbons (Fsp3) is 0.889. The molecule has 1 saturated carbocycles. The monoisotopic (exact) mass is 169 g/mol. The summed E-state index contributed by atoms with van der Waals surface area (Å²) < 4.78 is 0. The van der Waals surface area contributed by atoms with E-state index in [2.05, 4.69) is 11.9 Å². The van der Waals surface area contributed by atoms with E-state index in [1.165, 1.54) is 19.3 Å². The van der Waals surface area contributed by atoms with Gasteiger partial charge in [0, 0.05) is 0 Å². The largest absolute Gasteiger partial charge is 0.370 e. The van der Waals surface area contributed by atoms with Crippen LogP contribution >= 0.6 is 0 Å². The normalized spacial score (nSPS) is 30.8. The van der Waals surface area contributed by atoms with Gasteiger partial charge >= 0.3 is 0 Å². The summed E-state index contributed by atoms with van der Waals surface area (Å²) in [6.07, 6.45) is 6.17. The highest BCUT2D eigenvalue weighted by Crippen LogP contribution is 2.24. The predicted molar refractivity (Wildman–Crippen MR) is 51.8 cm³/mol. The third kappa shape index (κ3) is 3.11. The molecule has 70 valence electrons. The fourth-order valence-corrected chi connectivity index (χ4v) is 1.81. The van der Waals surface area contributed by atoms with Crippen molar-refractivity contribution in [1.82, 2.24) is 0 Å². The number of guanidine groups is 1. The molecule has 0 spiro atoms. The van der Waals surface area contributed by atoms with Crippen molar-refractivity contribution in [3.8, 4) is 0 Å². The first-order valence-electron chi connectivity index (χ1n) is 4.77. The summed E-state index contributed by atoms with van der Waals surface area (Å²) in [4.78, 5) is 4.20. The highest BCUT2D eigenvalue weighted by atomic mass is 15.0. The van der Waals surface area contributed by atoms with Gasteiger partial charge in [0.15, 0.2) is 5.96 Å². The molecule has 1 aliphatic carbocycles. The molecule has 0 aromatic carbocycles. The summed E-state index contributed by atoms with van der Waals surface area (Å²) in [6, 6.07) is 0.389. The lowest BCUT2D eigenvalue weighted by Crippen LogP contribution is -2.25. The lowest BCUT2D eigenvalue weighted by Gasteiger charge is -2.08. The molecule has 0 radical (unpaired) electrons. The van der Waals surface area contributed by atoms with Crippen molar-refractivity contribution in [2.45, 2.75) is 45.1 Å². The zero-order chi connectivity index (χ0) is 8.97. The topological polar surface area (TPSA) is 64.4 Å². The molecule has 0 heterocycles. The molecular formula is C9H19N3. The minimum Gasteiger partial charge on any atom is -0.370 e. The van der Waals surface area contributed by atoms with Crippen LogP contribution in [-0.2, 0) is 0 Å². The minimum absolute atomic E-state index is 0.245. The average molecular weight is 169 g/mol. The molecule has 0 aliphatic heterocycles. The van der Waals surface area contributed by atoms with E-state index < -0.39 is 0 Å². The van der Waals surface area contributed by atoms with Crippen LogP contribution in [0.4, 0.5) is 0 Å². The smallest absolute Gasteiger partial charge is 0.186 e. The Labute approximate surface area is 74.2 Å². The molecule has 1 aliphatic rings. The maximum atomic E-state index is 5.34. The Bertz CT molecular complexity index is 161. The van der Waals surface area contributed by atoms with Gasteiger partial charge in [-0.3, -0.25) is 4.99 Å². The van der Waals surface area contributed by atoms with Gasteiger partial charge in [0.2, 0.25) is 0 Å². The Hall–Kier alpha value is -0.730. The zero-order valence-corrected chi connectivity index (χ0v) is 7.79. The van der Waals surface area contributed by atoms with E-state index in [-0.39, 0.29) is 5.96 Å². The molecule has 2 atom stereocenters. The number of nitrogens with two attached hydrogens (primary N) is 2. The lowest BCUT2D eigenvalue weighted by atomic mass is 10.0. The summed E-state index contributed by atoms with van der Waals surface area (Å²) in [5, 5.41) is 0. The number of rotatable bonds is 1. The van der Waals surface area contributed by atoms with Gasteiger partial charge in [-0.2, -0.15) is 0 Å². The molecule has 0 bridgehead atoms. The summed E-state index contributed by atoms with van der Waals surface area (Å²) in [6.45, 7) is 2.30. The van der Waals surface area contributed by atoms with E-state index in [9.17, 15) is 0 Å². The van der Waals surface area contributed by atoms with Gasteiger partial charge in [0.1, 0.15) is 0 Å². The molecule has 0 saturated heterocycles. The molecule has 4 N–H and O–H groups in total. The second-order valence-electron chi connectivity index (χ2n) is 3.82. The Morgan fingerprint density at radius 1 is 1.17 bits per heavy atom. The van der Waals surface area contributed by atoms with Crippen molar-refractivity contribution in [3.63, 3.8) is 0 Å². The van der Waals surface area contributed by atoms with Gasteiger partial charge in [-0.25, -0.2) is 0 Å². The summed E-state index contributed by atoms with van der Waals surface area (Å²) in [5.41, 5.74) is 10.7. The zero-order valence-electron chi connectivity index (χ0n) is 7.79. The highest BCUT2D eigenvalue weighted by molar-refractivity contribution is 5.75. The molecule has 1 rings (SSSR count). The van der Waals surface area contributed by atoms with Crippen LogP contribution in [0.1, 0.15) is 39.0 Å². The molecule has 3 heteroatoms. The second kappa shape index (κ2) is 4.33. The van der Waals surface area contributed by atoms with E-state index in [1.54, 1.807) is 0 Å². The Balaban J connectivity index is 2.41. The number of hydrogen-bond donors (Lipinski definition) is 2. The molecule has 0 amide bonds. The van der Waals surface area contributed by atoms with Crippen molar-refractivity contribution < 1.29 is 0 Å². The minimum atomic E-state index is 0.245. The molecule has 0 aromatic heterocycles. The maximum absolute atomic E-state index is 5.34. The quantitative estimate of drug-likeness (QED) is 0.352. The van der Waals surface area contributed by atoms with E-state index in [0.29, 0.717) is 6.04 Å². The van der Waals surface area contributed by atoms with Crippen molar-refractivity contribution >= 4 is 5.96 Å². The van der Waals surface area contributed by atoms with Crippen molar-refractivity contribution in [2.75, 3.05) is 0 Å². The molecule has 1 fully saturated rings. The van der Waals surface area contributed by atoms with Gasteiger partial charge in [-0.05, 0) is 25.2 Å². The Morgan fingerprint density at radius 2 is 1.92 bits per heavy atom. The van der Waals surface area contributed by atoms with Gasteiger partial charge in [-0.15, -0.1) is 0 Å². The Kier molecular flexibility index (Phi) is 3.38. The fourth-order valence-electron chi connectivity index (χ4n) is 1.81. The van der Waals surface area contributed by atoms with Crippen LogP contribution in [0, 0.1) is 5.92 Å². The SMILES string of the molecule is CC1CCCC(N=C(N)N)CC1. The first kappa shape index (κ1) is 9.36. The van der Waals surface area contributed by atoms with Crippen molar-refractivity contribution in [2.24, 2.45) is 22.4 Å². The van der Waals surface area contributed by atoms with Crippen LogP contribution in [0.15, 0.2) is 4.99 Å². The van der Waals surface area contributed by atoms with Gasteiger partial charge in [0.25, 0.3) is 0 Å². The molecule has 12 heavy (non-hydrogen) atoms. The van der Waals surface area contributed by atoms with Crippen LogP contribution in [0.3, 0.4) is 0 Å². The van der Waals surface area contributed by atoms with Crippen LogP contribution < -0.4 is 11.5 Å². The molecule has 3 nitrogen and oxygen atoms in total. The van der Waals surface area contributed by atoms with E-state index in [4.69, 9.17) is 11.5 Å². The van der Waals surface area contributed by atoms with Crippen LogP contribution in [-0.4, -0.2) is 12.0 Å². The standard InChI is InChI=1S/C9H19N3/c1-7-3-2-4-8(6-5-7)12-9(10)11/h7-8H,2-6H2,1H3,(H4,10,11,12). The molecule has 0 aromatic rings. The van der Waals surface area contributed by atoms with Crippen molar-refractivity contribution in [1.29, 1.82) is 0 Å². The summed E-state index contributed by atoms with van der Waals surface area (Å²) in [7, 11) is 0. The van der Waals surface area contributed by atoms with E-state index >= 15 is 0 Å². The summed E-state index contributed by atoms with van der Waals surface area (Å²) in [5.74, 6) is 1.10. The second-order valence-corrected chi connectivity index (χ2v) is 3.82.